The predicted molar refractivity (Wildman–Crippen MR) is 156 cm³/mol. The molecule has 1 saturated heterocycles. The Morgan fingerprint density at radius 2 is 1.79 bits per heavy atom. The molecule has 1 saturated carbocycles. The highest BCUT2D eigenvalue weighted by Crippen LogP contribution is 2.32. The Morgan fingerprint density at radius 3 is 2.42 bits per heavy atom. The SMILES string of the molecule is Cc1c([124I])c(=O)n(C2CCCC2)c2nc(Nc3ccc(N4CCN(C(=O)OC(C)(C)C)CC4)cn3)ncc12. The first-order valence-electron chi connectivity index (χ1n) is 13.1. The zero-order chi connectivity index (χ0) is 27.0. The number of carbonyl (C=O) groups is 1. The topological polar surface area (TPSA) is 105 Å². The molecule has 4 heterocycles. The van der Waals surface area contributed by atoms with Gasteiger partial charge in [0.1, 0.15) is 17.1 Å². The van der Waals surface area contributed by atoms with Crippen molar-refractivity contribution in [1.82, 2.24) is 24.4 Å². The number of aryl methyl sites for hydroxylation is 1. The molecule has 0 unspecified atom stereocenters. The molecule has 3 aromatic rings. The molecule has 38 heavy (non-hydrogen) atoms. The number of ether oxygens (including phenoxy) is 1. The van der Waals surface area contributed by atoms with Crippen LogP contribution in [0.3, 0.4) is 0 Å². The molecule has 10 nitrogen and oxygen atoms in total. The third-order valence-corrected chi connectivity index (χ3v) is 8.38. The van der Waals surface area contributed by atoms with Crippen LogP contribution in [-0.2, 0) is 4.74 Å². The van der Waals surface area contributed by atoms with Crippen LogP contribution in [0.2, 0.25) is 0 Å². The molecule has 0 bridgehead atoms. The fourth-order valence-corrected chi connectivity index (χ4v) is 5.65. The molecular weight excluding hydrogens is 594 g/mol. The van der Waals surface area contributed by atoms with E-state index in [0.29, 0.717) is 43.6 Å². The van der Waals surface area contributed by atoms with Gasteiger partial charge >= 0.3 is 6.09 Å². The van der Waals surface area contributed by atoms with Gasteiger partial charge in [0, 0.05) is 43.8 Å². The summed E-state index contributed by atoms with van der Waals surface area (Å²) in [6.07, 6.45) is 7.59. The molecule has 5 rings (SSSR count). The number of piperazine rings is 1. The van der Waals surface area contributed by atoms with Crippen LogP contribution < -0.4 is 15.8 Å². The van der Waals surface area contributed by atoms with Gasteiger partial charge in [-0.1, -0.05) is 12.8 Å². The highest BCUT2D eigenvalue weighted by atomic mass is 124. The van der Waals surface area contributed by atoms with Crippen LogP contribution in [0.4, 0.5) is 22.2 Å². The van der Waals surface area contributed by atoms with Crippen molar-refractivity contribution in [2.24, 2.45) is 0 Å². The van der Waals surface area contributed by atoms with E-state index in [4.69, 9.17) is 9.72 Å². The maximum atomic E-state index is 13.2. The van der Waals surface area contributed by atoms with Gasteiger partial charge in [0.25, 0.3) is 5.56 Å². The predicted octanol–water partition coefficient (Wildman–Crippen LogP) is 5.02. The van der Waals surface area contributed by atoms with E-state index in [2.05, 4.69) is 42.8 Å². The number of fused-ring (bicyclic) bond motifs is 1. The molecule has 0 atom stereocenters. The Morgan fingerprint density at radius 1 is 1.08 bits per heavy atom. The molecular formula is C27H34IN7O3. The number of anilines is 3. The first-order valence-corrected chi connectivity index (χ1v) is 14.2. The minimum absolute atomic E-state index is 0.0291. The first kappa shape index (κ1) is 26.6. The normalized spacial score (nSPS) is 16.8. The van der Waals surface area contributed by atoms with E-state index in [1.165, 1.54) is 0 Å². The van der Waals surface area contributed by atoms with Crippen LogP contribution in [0.1, 0.15) is 58.1 Å². The molecule has 1 aliphatic carbocycles. The Labute approximate surface area is 235 Å². The Balaban J connectivity index is 1.30. The lowest BCUT2D eigenvalue weighted by Crippen LogP contribution is -2.50. The van der Waals surface area contributed by atoms with Crippen molar-refractivity contribution in [3.05, 3.63) is 44.0 Å². The molecule has 2 aliphatic rings. The smallest absolute Gasteiger partial charge is 0.410 e. The van der Waals surface area contributed by atoms with Crippen LogP contribution in [0.15, 0.2) is 29.3 Å². The van der Waals surface area contributed by atoms with Gasteiger partial charge in [-0.2, -0.15) is 4.98 Å². The number of carbonyl (C=O) groups excluding carboxylic acids is 1. The van der Waals surface area contributed by atoms with Gasteiger partial charge in [-0.15, -0.1) is 0 Å². The molecule has 0 radical (unpaired) electrons. The number of aromatic nitrogens is 4. The molecule has 202 valence electrons. The third kappa shape index (κ3) is 5.57. The highest BCUT2D eigenvalue weighted by molar-refractivity contribution is 14.1. The van der Waals surface area contributed by atoms with Crippen molar-refractivity contribution in [2.45, 2.75) is 65.0 Å². The lowest BCUT2D eigenvalue weighted by atomic mass is 10.1. The van der Waals surface area contributed by atoms with Crippen molar-refractivity contribution < 1.29 is 9.53 Å². The van der Waals surface area contributed by atoms with Crippen molar-refractivity contribution in [3.8, 4) is 0 Å². The highest BCUT2D eigenvalue weighted by Gasteiger charge is 2.26. The Bertz CT molecular complexity index is 1390. The molecule has 2 fully saturated rings. The summed E-state index contributed by atoms with van der Waals surface area (Å²) in [6.45, 7) is 10.2. The molecule has 11 heteroatoms. The van der Waals surface area contributed by atoms with E-state index in [0.717, 1.165) is 45.9 Å². The number of hydrogen-bond acceptors (Lipinski definition) is 8. The second-order valence-electron chi connectivity index (χ2n) is 11.0. The number of nitrogens with zero attached hydrogens (tertiary/aromatic N) is 6. The summed E-state index contributed by atoms with van der Waals surface area (Å²) < 4.78 is 8.09. The maximum Gasteiger partial charge on any atom is 0.410 e. The van der Waals surface area contributed by atoms with Crippen molar-refractivity contribution in [2.75, 3.05) is 36.4 Å². The molecule has 1 aliphatic heterocycles. The fourth-order valence-electron chi connectivity index (χ4n) is 5.10. The van der Waals surface area contributed by atoms with Crippen molar-refractivity contribution >= 4 is 57.2 Å². The average Bonchev–Trinajstić information content (AvgIpc) is 3.41. The quantitative estimate of drug-likeness (QED) is 0.402. The van der Waals surface area contributed by atoms with E-state index in [-0.39, 0.29) is 17.7 Å². The molecule has 1 N–H and O–H groups in total. The monoisotopic (exact) mass is 628 g/mol. The number of halogens is 1. The van der Waals surface area contributed by atoms with Gasteiger partial charge in [0.2, 0.25) is 5.95 Å². The summed E-state index contributed by atoms with van der Waals surface area (Å²) in [4.78, 5) is 43.4. The van der Waals surface area contributed by atoms with Crippen molar-refractivity contribution in [1.29, 1.82) is 0 Å². The second-order valence-corrected chi connectivity index (χ2v) is 12.0. The second kappa shape index (κ2) is 10.7. The van der Waals surface area contributed by atoms with Gasteiger partial charge < -0.3 is 19.9 Å². The van der Waals surface area contributed by atoms with Gasteiger partial charge in [0.15, 0.2) is 0 Å². The number of nitrogens with one attached hydrogen (secondary N) is 1. The summed E-state index contributed by atoms with van der Waals surface area (Å²) >= 11 is 2.14. The molecule has 0 spiro atoms. The fraction of sp³-hybridized carbons (Fsp3) is 0.519. The zero-order valence-corrected chi connectivity index (χ0v) is 24.5. The summed E-state index contributed by atoms with van der Waals surface area (Å²) in [5.41, 5.74) is 2.11. The molecule has 3 aromatic heterocycles. The van der Waals surface area contributed by atoms with E-state index in [1.807, 2.05) is 50.6 Å². The summed E-state index contributed by atoms with van der Waals surface area (Å²) in [7, 11) is 0. The van der Waals surface area contributed by atoms with Gasteiger partial charge in [-0.05, 0) is 80.8 Å². The standard InChI is InChI=1S/C27H34IN7O3/c1-17-20-16-30-25(32-23(20)35(24(36)22(17)28)18-7-5-6-8-18)31-21-10-9-19(15-29-21)33-11-13-34(14-12-33)26(37)38-27(2,3)4/h9-10,15-16,18H,5-8,11-14H2,1-4H3,(H,29,30,31,32)/i28-3. The molecule has 1 amide bonds. The maximum absolute atomic E-state index is 13.2. The van der Waals surface area contributed by atoms with E-state index in [9.17, 15) is 9.59 Å². The van der Waals surface area contributed by atoms with Gasteiger partial charge in [-0.3, -0.25) is 9.36 Å². The number of hydrogen-bond donors (Lipinski definition) is 1. The van der Waals surface area contributed by atoms with Crippen molar-refractivity contribution in [3.63, 3.8) is 0 Å². The van der Waals surface area contributed by atoms with Crippen LogP contribution in [0.5, 0.6) is 0 Å². The van der Waals surface area contributed by atoms with Crippen LogP contribution in [0, 0.1) is 10.5 Å². The summed E-state index contributed by atoms with van der Waals surface area (Å²) in [5, 5.41) is 4.11. The van der Waals surface area contributed by atoms with Crippen LogP contribution >= 0.6 is 22.6 Å². The number of rotatable bonds is 4. The van der Waals surface area contributed by atoms with E-state index in [1.54, 1.807) is 11.1 Å². The third-order valence-electron chi connectivity index (χ3n) is 7.11. The lowest BCUT2D eigenvalue weighted by molar-refractivity contribution is 0.0240. The first-order chi connectivity index (χ1) is 18.1. The number of pyridine rings is 2. The van der Waals surface area contributed by atoms with E-state index >= 15 is 0 Å². The minimum Gasteiger partial charge on any atom is -0.444 e. The Kier molecular flexibility index (Phi) is 7.47. The Hall–Kier alpha value is -2.96. The zero-order valence-electron chi connectivity index (χ0n) is 22.3. The average molecular weight is 629 g/mol. The van der Waals surface area contributed by atoms with Crippen LogP contribution in [-0.4, -0.2) is 62.3 Å². The van der Waals surface area contributed by atoms with Gasteiger partial charge in [-0.25, -0.2) is 14.8 Å². The summed E-state index contributed by atoms with van der Waals surface area (Å²) in [5.74, 6) is 1.04. The van der Waals surface area contributed by atoms with Crippen LogP contribution in [0.25, 0.3) is 11.0 Å². The summed E-state index contributed by atoms with van der Waals surface area (Å²) in [6, 6.07) is 4.07. The molecule has 0 aromatic carbocycles. The van der Waals surface area contributed by atoms with E-state index < -0.39 is 5.60 Å². The minimum atomic E-state index is -0.499. The lowest BCUT2D eigenvalue weighted by Gasteiger charge is -2.36. The van der Waals surface area contributed by atoms with Gasteiger partial charge in [0.05, 0.1) is 15.5 Å². The largest absolute Gasteiger partial charge is 0.444 e. The number of amides is 1.